The molecule has 0 saturated heterocycles. The molecule has 0 unspecified atom stereocenters. The van der Waals surface area contributed by atoms with Crippen LogP contribution in [0.25, 0.3) is 11.3 Å². The van der Waals surface area contributed by atoms with Crippen molar-refractivity contribution in [3.8, 4) is 11.3 Å². The first-order chi connectivity index (χ1) is 8.38. The molecule has 0 bridgehead atoms. The minimum atomic E-state index is -3.20. The van der Waals surface area contributed by atoms with Crippen molar-refractivity contribution in [1.82, 2.24) is 0 Å². The number of rotatable bonds is 2. The van der Waals surface area contributed by atoms with Crippen LogP contribution in [0, 0.1) is 12.1 Å². The number of hydrogen-bond acceptors (Lipinski definition) is 3. The number of benzene rings is 1. The van der Waals surface area contributed by atoms with Gasteiger partial charge in [-0.25, -0.2) is 8.42 Å². The molecule has 5 heteroatoms. The first-order valence-corrected chi connectivity index (χ1v) is 7.27. The molecule has 0 aliphatic carbocycles. The quantitative estimate of drug-likeness (QED) is 0.612. The number of sulfone groups is 1. The van der Waals surface area contributed by atoms with E-state index >= 15 is 0 Å². The van der Waals surface area contributed by atoms with Gasteiger partial charge in [0, 0.05) is 24.0 Å². The van der Waals surface area contributed by atoms with E-state index < -0.39 is 9.84 Å². The Kier molecular flexibility index (Phi) is 3.09. The van der Waals surface area contributed by atoms with Crippen LogP contribution >= 0.6 is 0 Å². The molecular weight excluding hydrogens is 250 g/mol. The maximum Gasteiger partial charge on any atom is 0.223 e. The number of pyridine rings is 1. The van der Waals surface area contributed by atoms with Gasteiger partial charge in [0.2, 0.25) is 5.69 Å². The molecule has 0 fully saturated rings. The average Bonchev–Trinajstić information content (AvgIpc) is 2.31. The van der Waals surface area contributed by atoms with Crippen molar-refractivity contribution in [3.05, 3.63) is 53.4 Å². The van der Waals surface area contributed by atoms with Crippen molar-refractivity contribution < 1.29 is 13.1 Å². The largest absolute Gasteiger partial charge is 0.618 e. The highest BCUT2D eigenvalue weighted by molar-refractivity contribution is 7.90. The van der Waals surface area contributed by atoms with Gasteiger partial charge in [0.25, 0.3) is 0 Å². The van der Waals surface area contributed by atoms with Gasteiger partial charge in [0.05, 0.1) is 4.90 Å². The van der Waals surface area contributed by atoms with Crippen LogP contribution in [0.3, 0.4) is 0 Å². The van der Waals surface area contributed by atoms with E-state index in [1.165, 1.54) is 18.3 Å². The van der Waals surface area contributed by atoms with Crippen molar-refractivity contribution in [2.45, 2.75) is 11.8 Å². The number of nitrogens with zero attached hydrogens (tertiary/aromatic N) is 1. The molecule has 0 saturated carbocycles. The summed E-state index contributed by atoms with van der Waals surface area (Å²) < 4.78 is 23.4. The van der Waals surface area contributed by atoms with Gasteiger partial charge in [-0.05, 0) is 36.8 Å². The van der Waals surface area contributed by atoms with Crippen molar-refractivity contribution in [1.29, 1.82) is 0 Å². The molecule has 1 heterocycles. The smallest absolute Gasteiger partial charge is 0.223 e. The fourth-order valence-corrected chi connectivity index (χ4v) is 2.31. The van der Waals surface area contributed by atoms with Crippen molar-refractivity contribution in [2.24, 2.45) is 0 Å². The summed E-state index contributed by atoms with van der Waals surface area (Å²) in [6.07, 6.45) is 2.59. The van der Waals surface area contributed by atoms with E-state index in [1.807, 2.05) is 6.92 Å². The Labute approximate surface area is 106 Å². The summed E-state index contributed by atoms with van der Waals surface area (Å²) in [5.41, 5.74) is 2.18. The zero-order chi connectivity index (χ0) is 13.3. The van der Waals surface area contributed by atoms with Crippen LogP contribution in [0.5, 0.6) is 0 Å². The first-order valence-electron chi connectivity index (χ1n) is 5.38. The molecule has 4 nitrogen and oxygen atoms in total. The number of aromatic nitrogens is 1. The Hall–Kier alpha value is -1.88. The lowest BCUT2D eigenvalue weighted by atomic mass is 10.1. The molecular formula is C13H13NO3S. The highest BCUT2D eigenvalue weighted by Crippen LogP contribution is 2.19. The third kappa shape index (κ3) is 2.51. The van der Waals surface area contributed by atoms with Crippen LogP contribution < -0.4 is 4.73 Å². The van der Waals surface area contributed by atoms with Crippen LogP contribution in [-0.4, -0.2) is 14.7 Å². The third-order valence-corrected chi connectivity index (χ3v) is 3.78. The summed E-state index contributed by atoms with van der Waals surface area (Å²) >= 11 is 0. The Morgan fingerprint density at radius 1 is 1.11 bits per heavy atom. The van der Waals surface area contributed by atoms with Crippen LogP contribution in [0.1, 0.15) is 5.56 Å². The molecule has 0 aliphatic rings. The van der Waals surface area contributed by atoms with E-state index in [0.29, 0.717) is 11.3 Å². The van der Waals surface area contributed by atoms with E-state index in [-0.39, 0.29) is 4.90 Å². The molecule has 2 rings (SSSR count). The second kappa shape index (κ2) is 4.42. The van der Waals surface area contributed by atoms with E-state index in [4.69, 9.17) is 0 Å². The molecule has 0 spiro atoms. The van der Waals surface area contributed by atoms with Crippen LogP contribution in [0.15, 0.2) is 47.5 Å². The number of aryl methyl sites for hydroxylation is 1. The highest BCUT2D eigenvalue weighted by atomic mass is 32.2. The predicted molar refractivity (Wildman–Crippen MR) is 68.7 cm³/mol. The van der Waals surface area contributed by atoms with E-state index in [2.05, 4.69) is 0 Å². The van der Waals surface area contributed by atoms with Crippen LogP contribution in [0.4, 0.5) is 0 Å². The van der Waals surface area contributed by atoms with Gasteiger partial charge < -0.3 is 5.21 Å². The fraction of sp³-hybridized carbons (Fsp3) is 0.154. The molecule has 1 aromatic carbocycles. The van der Waals surface area contributed by atoms with Crippen molar-refractivity contribution >= 4 is 9.84 Å². The minimum Gasteiger partial charge on any atom is -0.618 e. The molecule has 0 aliphatic heterocycles. The standard InChI is InChI=1S/C13H13NO3S/c1-10-7-8-14(15)13(9-10)11-3-5-12(6-4-11)18(2,16)17/h3-9H,1-2H3. The second-order valence-corrected chi connectivity index (χ2v) is 6.23. The lowest BCUT2D eigenvalue weighted by Gasteiger charge is -2.06. The Bertz CT molecular complexity index is 676. The predicted octanol–water partition coefficient (Wildman–Crippen LogP) is 1.70. The monoisotopic (exact) mass is 263 g/mol. The summed E-state index contributed by atoms with van der Waals surface area (Å²) in [6.45, 7) is 1.90. The van der Waals surface area contributed by atoms with Crippen LogP contribution in [-0.2, 0) is 9.84 Å². The van der Waals surface area contributed by atoms with Crippen molar-refractivity contribution in [3.63, 3.8) is 0 Å². The molecule has 94 valence electrons. The van der Waals surface area contributed by atoms with Crippen molar-refractivity contribution in [2.75, 3.05) is 6.26 Å². The molecule has 0 atom stereocenters. The second-order valence-electron chi connectivity index (χ2n) is 4.21. The van der Waals surface area contributed by atoms with Gasteiger partial charge in [-0.15, -0.1) is 0 Å². The Balaban J connectivity index is 2.50. The zero-order valence-electron chi connectivity index (χ0n) is 10.1. The molecule has 0 N–H and O–H groups in total. The van der Waals surface area contributed by atoms with E-state index in [0.717, 1.165) is 16.5 Å². The summed E-state index contributed by atoms with van der Waals surface area (Å²) in [6, 6.07) is 9.78. The Morgan fingerprint density at radius 2 is 1.72 bits per heavy atom. The van der Waals surface area contributed by atoms with Gasteiger partial charge in [-0.1, -0.05) is 0 Å². The van der Waals surface area contributed by atoms with Crippen LogP contribution in [0.2, 0.25) is 0 Å². The minimum absolute atomic E-state index is 0.247. The third-order valence-electron chi connectivity index (χ3n) is 2.65. The molecule has 1 aromatic heterocycles. The van der Waals surface area contributed by atoms with Gasteiger partial charge in [-0.3, -0.25) is 0 Å². The van der Waals surface area contributed by atoms with Gasteiger partial charge in [-0.2, -0.15) is 4.73 Å². The summed E-state index contributed by atoms with van der Waals surface area (Å²) in [5.74, 6) is 0. The maximum absolute atomic E-state index is 11.7. The average molecular weight is 263 g/mol. The maximum atomic E-state index is 11.7. The van der Waals surface area contributed by atoms with Gasteiger partial charge in [0.15, 0.2) is 16.0 Å². The summed E-state index contributed by atoms with van der Waals surface area (Å²) in [4.78, 5) is 0.247. The number of hydrogen-bond donors (Lipinski definition) is 0. The lowest BCUT2D eigenvalue weighted by Crippen LogP contribution is -2.28. The lowest BCUT2D eigenvalue weighted by molar-refractivity contribution is -0.593. The van der Waals surface area contributed by atoms with E-state index in [1.54, 1.807) is 24.3 Å². The van der Waals surface area contributed by atoms with Gasteiger partial charge >= 0.3 is 0 Å². The molecule has 0 radical (unpaired) electrons. The van der Waals surface area contributed by atoms with E-state index in [9.17, 15) is 13.6 Å². The zero-order valence-corrected chi connectivity index (χ0v) is 10.9. The van der Waals surface area contributed by atoms with Gasteiger partial charge in [0.1, 0.15) is 0 Å². The SMILES string of the molecule is Cc1cc[n+]([O-])c(-c2ccc(S(C)(=O)=O)cc2)c1. The summed E-state index contributed by atoms with van der Waals surface area (Å²) in [5, 5.41) is 11.7. The topological polar surface area (TPSA) is 61.1 Å². The summed E-state index contributed by atoms with van der Waals surface area (Å²) in [7, 11) is -3.20. The first kappa shape index (κ1) is 12.6. The fourth-order valence-electron chi connectivity index (χ4n) is 1.68. The molecule has 0 amide bonds. The highest BCUT2D eigenvalue weighted by Gasteiger charge is 2.11. The normalized spacial score (nSPS) is 11.4. The Morgan fingerprint density at radius 3 is 2.28 bits per heavy atom. The molecule has 2 aromatic rings. The molecule has 18 heavy (non-hydrogen) atoms.